The van der Waals surface area contributed by atoms with E-state index in [1.165, 1.54) is 11.3 Å². The van der Waals surface area contributed by atoms with Crippen molar-refractivity contribution < 1.29 is 9.59 Å². The quantitative estimate of drug-likeness (QED) is 0.679. The number of hydrogen-bond donors (Lipinski definition) is 1. The number of piperidine rings is 1. The number of aromatic nitrogens is 4. The van der Waals surface area contributed by atoms with Gasteiger partial charge in [0, 0.05) is 56.4 Å². The molecule has 0 saturated carbocycles. The van der Waals surface area contributed by atoms with E-state index in [-0.39, 0.29) is 24.2 Å². The second-order valence-electron chi connectivity index (χ2n) is 7.64. The lowest BCUT2D eigenvalue weighted by Gasteiger charge is -2.32. The summed E-state index contributed by atoms with van der Waals surface area (Å²) in [4.78, 5) is 37.5. The standard InChI is InChI=1S/C21H24N6O2S/c1-26(2)21(29)17-11-23-25-19(17)15-6-4-8-27(12-15)18(28)9-16-13-30-20(24-16)14-5-3-7-22-10-14/h3,5,7,10-11,13,15H,4,6,8-9,12H2,1-2H3,(H,23,25)/t15-/m1/s1. The maximum atomic E-state index is 12.9. The van der Waals surface area contributed by atoms with E-state index in [0.717, 1.165) is 41.3 Å². The third-order valence-electron chi connectivity index (χ3n) is 5.28. The molecule has 0 spiro atoms. The number of carbonyl (C=O) groups excluding carboxylic acids is 2. The summed E-state index contributed by atoms with van der Waals surface area (Å²) in [5.41, 5.74) is 3.13. The van der Waals surface area contributed by atoms with E-state index in [1.54, 1.807) is 37.6 Å². The van der Waals surface area contributed by atoms with Crippen LogP contribution >= 0.6 is 11.3 Å². The molecular formula is C21H24N6O2S. The second-order valence-corrected chi connectivity index (χ2v) is 8.50. The minimum absolute atomic E-state index is 0.0581. The zero-order valence-electron chi connectivity index (χ0n) is 17.0. The van der Waals surface area contributed by atoms with Gasteiger partial charge < -0.3 is 9.80 Å². The van der Waals surface area contributed by atoms with Crippen LogP contribution in [0.2, 0.25) is 0 Å². The number of likely N-dealkylation sites (tertiary alicyclic amines) is 1. The Morgan fingerprint density at radius 3 is 2.97 bits per heavy atom. The molecule has 0 aromatic carbocycles. The molecule has 1 aliphatic rings. The van der Waals surface area contributed by atoms with Crippen LogP contribution in [-0.4, -0.2) is 69.0 Å². The molecule has 30 heavy (non-hydrogen) atoms. The van der Waals surface area contributed by atoms with E-state index in [0.29, 0.717) is 12.1 Å². The van der Waals surface area contributed by atoms with Gasteiger partial charge in [-0.3, -0.25) is 19.7 Å². The minimum Gasteiger partial charge on any atom is -0.345 e. The summed E-state index contributed by atoms with van der Waals surface area (Å²) in [5.74, 6) is 0.0563. The highest BCUT2D eigenvalue weighted by Gasteiger charge is 2.29. The Labute approximate surface area is 179 Å². The highest BCUT2D eigenvalue weighted by molar-refractivity contribution is 7.13. The molecule has 1 aliphatic heterocycles. The average molecular weight is 425 g/mol. The van der Waals surface area contributed by atoms with Crippen molar-refractivity contribution in [1.29, 1.82) is 0 Å². The Balaban J connectivity index is 1.43. The lowest BCUT2D eigenvalue weighted by Crippen LogP contribution is -2.40. The first-order valence-corrected chi connectivity index (χ1v) is 10.8. The van der Waals surface area contributed by atoms with Gasteiger partial charge in [-0.25, -0.2) is 4.98 Å². The van der Waals surface area contributed by atoms with Gasteiger partial charge in [0.2, 0.25) is 5.91 Å². The van der Waals surface area contributed by atoms with Crippen LogP contribution in [0.5, 0.6) is 0 Å². The number of thiazole rings is 1. The summed E-state index contributed by atoms with van der Waals surface area (Å²) in [6.07, 6.45) is 7.16. The fraction of sp³-hybridized carbons (Fsp3) is 0.381. The van der Waals surface area contributed by atoms with Gasteiger partial charge in [-0.1, -0.05) is 0 Å². The fourth-order valence-corrected chi connectivity index (χ4v) is 4.55. The SMILES string of the molecule is CN(C)C(=O)c1cn[nH]c1[C@@H]1CCCN(C(=O)Cc2csc(-c3cccnc3)n2)C1. The highest BCUT2D eigenvalue weighted by atomic mass is 32.1. The zero-order chi connectivity index (χ0) is 21.1. The number of rotatable bonds is 5. The van der Waals surface area contributed by atoms with E-state index in [2.05, 4.69) is 20.2 Å². The van der Waals surface area contributed by atoms with Crippen molar-refractivity contribution in [3.05, 3.63) is 53.1 Å². The molecule has 8 nitrogen and oxygen atoms in total. The minimum atomic E-state index is -0.0763. The Morgan fingerprint density at radius 1 is 1.33 bits per heavy atom. The van der Waals surface area contributed by atoms with Crippen LogP contribution in [0, 0.1) is 0 Å². The van der Waals surface area contributed by atoms with Gasteiger partial charge in [-0.2, -0.15) is 5.10 Å². The summed E-state index contributed by atoms with van der Waals surface area (Å²) in [5, 5.41) is 9.87. The first-order valence-electron chi connectivity index (χ1n) is 9.90. The molecule has 4 heterocycles. The lowest BCUT2D eigenvalue weighted by molar-refractivity contribution is -0.131. The average Bonchev–Trinajstić information content (AvgIpc) is 3.43. The zero-order valence-corrected chi connectivity index (χ0v) is 17.9. The molecule has 0 radical (unpaired) electrons. The fourth-order valence-electron chi connectivity index (χ4n) is 3.73. The molecule has 4 rings (SSSR count). The molecule has 0 bridgehead atoms. The monoisotopic (exact) mass is 424 g/mol. The van der Waals surface area contributed by atoms with Gasteiger partial charge in [-0.05, 0) is 25.0 Å². The van der Waals surface area contributed by atoms with E-state index in [4.69, 9.17) is 0 Å². The van der Waals surface area contributed by atoms with Crippen molar-refractivity contribution in [1.82, 2.24) is 30.0 Å². The van der Waals surface area contributed by atoms with E-state index in [9.17, 15) is 9.59 Å². The van der Waals surface area contributed by atoms with Crippen LogP contribution in [0.25, 0.3) is 10.6 Å². The summed E-state index contributed by atoms with van der Waals surface area (Å²) in [7, 11) is 3.45. The molecule has 3 aromatic rings. The molecule has 1 saturated heterocycles. The van der Waals surface area contributed by atoms with Crippen molar-refractivity contribution in [2.24, 2.45) is 0 Å². The number of H-pyrrole nitrogens is 1. The normalized spacial score (nSPS) is 16.5. The maximum absolute atomic E-state index is 12.9. The largest absolute Gasteiger partial charge is 0.345 e. The molecule has 0 unspecified atom stereocenters. The maximum Gasteiger partial charge on any atom is 0.256 e. The lowest BCUT2D eigenvalue weighted by atomic mass is 9.92. The molecule has 0 aliphatic carbocycles. The molecule has 9 heteroatoms. The molecule has 3 aromatic heterocycles. The topological polar surface area (TPSA) is 95.1 Å². The molecule has 156 valence electrons. The molecule has 2 amide bonds. The van der Waals surface area contributed by atoms with Gasteiger partial charge in [0.25, 0.3) is 5.91 Å². The summed E-state index contributed by atoms with van der Waals surface area (Å²) in [6.45, 7) is 1.30. The van der Waals surface area contributed by atoms with Gasteiger partial charge >= 0.3 is 0 Å². The first kappa shape index (κ1) is 20.2. The molecule has 1 N–H and O–H groups in total. The summed E-state index contributed by atoms with van der Waals surface area (Å²) < 4.78 is 0. The number of nitrogens with one attached hydrogen (secondary N) is 1. The van der Waals surface area contributed by atoms with Crippen molar-refractivity contribution >= 4 is 23.2 Å². The Morgan fingerprint density at radius 2 is 2.20 bits per heavy atom. The first-order chi connectivity index (χ1) is 14.5. The number of amides is 2. The van der Waals surface area contributed by atoms with Crippen LogP contribution in [0.1, 0.15) is 40.5 Å². The van der Waals surface area contributed by atoms with Gasteiger partial charge in [0.1, 0.15) is 5.01 Å². The van der Waals surface area contributed by atoms with E-state index in [1.807, 2.05) is 22.4 Å². The second kappa shape index (κ2) is 8.74. The highest BCUT2D eigenvalue weighted by Crippen LogP contribution is 2.29. The number of aromatic amines is 1. The van der Waals surface area contributed by atoms with Crippen molar-refractivity contribution in [3.8, 4) is 10.6 Å². The molecule has 1 atom stereocenters. The van der Waals surface area contributed by atoms with E-state index < -0.39 is 0 Å². The number of pyridine rings is 1. The van der Waals surface area contributed by atoms with Crippen LogP contribution in [0.3, 0.4) is 0 Å². The molecular weight excluding hydrogens is 400 g/mol. The van der Waals surface area contributed by atoms with Crippen molar-refractivity contribution in [2.75, 3.05) is 27.2 Å². The third kappa shape index (κ3) is 4.25. The number of nitrogens with zero attached hydrogens (tertiary/aromatic N) is 5. The van der Waals surface area contributed by atoms with Crippen LogP contribution in [0.15, 0.2) is 36.1 Å². The Kier molecular flexibility index (Phi) is 5.89. The van der Waals surface area contributed by atoms with Gasteiger partial charge in [0.15, 0.2) is 0 Å². The van der Waals surface area contributed by atoms with Crippen LogP contribution < -0.4 is 0 Å². The summed E-state index contributed by atoms with van der Waals surface area (Å²) in [6, 6.07) is 3.84. The van der Waals surface area contributed by atoms with Crippen molar-refractivity contribution in [3.63, 3.8) is 0 Å². The van der Waals surface area contributed by atoms with Gasteiger partial charge in [-0.15, -0.1) is 11.3 Å². The Hall–Kier alpha value is -3.07. The number of hydrogen-bond acceptors (Lipinski definition) is 6. The van der Waals surface area contributed by atoms with Crippen LogP contribution in [0.4, 0.5) is 0 Å². The number of carbonyl (C=O) groups is 2. The predicted octanol–water partition coefficient (Wildman–Crippen LogP) is 2.58. The molecule has 1 fully saturated rings. The summed E-state index contributed by atoms with van der Waals surface area (Å²) >= 11 is 1.52. The smallest absolute Gasteiger partial charge is 0.256 e. The van der Waals surface area contributed by atoms with Crippen LogP contribution in [-0.2, 0) is 11.2 Å². The third-order valence-corrected chi connectivity index (χ3v) is 6.22. The van der Waals surface area contributed by atoms with E-state index >= 15 is 0 Å². The predicted molar refractivity (Wildman–Crippen MR) is 114 cm³/mol. The van der Waals surface area contributed by atoms with Crippen molar-refractivity contribution in [2.45, 2.75) is 25.2 Å². The van der Waals surface area contributed by atoms with Gasteiger partial charge in [0.05, 0.1) is 29.6 Å². The Bertz CT molecular complexity index is 1030.